The fourth-order valence-electron chi connectivity index (χ4n) is 2.49. The minimum atomic E-state index is 0.379. The van der Waals surface area contributed by atoms with E-state index in [2.05, 4.69) is 48.8 Å². The van der Waals surface area contributed by atoms with Gasteiger partial charge in [0, 0.05) is 31.9 Å². The summed E-state index contributed by atoms with van der Waals surface area (Å²) in [4.78, 5) is 7.22. The summed E-state index contributed by atoms with van der Waals surface area (Å²) in [7, 11) is 0. The third-order valence-corrected chi connectivity index (χ3v) is 3.39. The van der Waals surface area contributed by atoms with Gasteiger partial charge in [-0.25, -0.2) is 0 Å². The molecular formula is C15H23N3. The van der Waals surface area contributed by atoms with Crippen molar-refractivity contribution in [2.45, 2.75) is 26.3 Å². The van der Waals surface area contributed by atoms with Crippen molar-refractivity contribution >= 4 is 0 Å². The minimum absolute atomic E-state index is 0.379. The predicted octanol–water partition coefficient (Wildman–Crippen LogP) is 2.30. The Morgan fingerprint density at radius 3 is 2.78 bits per heavy atom. The summed E-state index contributed by atoms with van der Waals surface area (Å²) in [6, 6.07) is 6.68. The molecular weight excluding hydrogens is 222 g/mol. The lowest BCUT2D eigenvalue weighted by Crippen LogP contribution is -2.45. The number of piperazine rings is 1. The fourth-order valence-corrected chi connectivity index (χ4v) is 2.49. The van der Waals surface area contributed by atoms with Gasteiger partial charge in [-0.05, 0) is 32.4 Å². The Kier molecular flexibility index (Phi) is 4.50. The van der Waals surface area contributed by atoms with Crippen LogP contribution in [-0.4, -0.2) is 36.1 Å². The molecule has 1 aromatic heterocycles. The summed E-state index contributed by atoms with van der Waals surface area (Å²) in [6.07, 6.45) is 0.996. The highest BCUT2D eigenvalue weighted by atomic mass is 15.2. The van der Waals surface area contributed by atoms with Crippen LogP contribution in [0.5, 0.6) is 0 Å². The van der Waals surface area contributed by atoms with Crippen LogP contribution in [0.1, 0.15) is 30.8 Å². The zero-order valence-electron chi connectivity index (χ0n) is 11.4. The lowest BCUT2D eigenvalue weighted by molar-refractivity contribution is 0.169. The molecule has 0 aromatic carbocycles. The number of hydrogen-bond acceptors (Lipinski definition) is 3. The first kappa shape index (κ1) is 13.2. The number of aryl methyl sites for hydroxylation is 1. The average Bonchev–Trinajstić information content (AvgIpc) is 2.37. The Morgan fingerprint density at radius 2 is 2.17 bits per heavy atom. The third kappa shape index (κ3) is 3.40. The van der Waals surface area contributed by atoms with Crippen LogP contribution < -0.4 is 5.32 Å². The molecule has 2 heterocycles. The molecule has 0 radical (unpaired) electrons. The van der Waals surface area contributed by atoms with E-state index in [9.17, 15) is 0 Å². The van der Waals surface area contributed by atoms with Crippen LogP contribution >= 0.6 is 0 Å². The summed E-state index contributed by atoms with van der Waals surface area (Å²) in [6.45, 7) is 12.5. The number of aromatic nitrogens is 1. The smallest absolute Gasteiger partial charge is 0.0581 e. The molecule has 3 heteroatoms. The van der Waals surface area contributed by atoms with Crippen LogP contribution in [-0.2, 0) is 0 Å². The van der Waals surface area contributed by atoms with Crippen molar-refractivity contribution in [3.8, 4) is 0 Å². The SMILES string of the molecule is C=C(C)C[C@@H](c1cccc(C)n1)N1CCNCC1. The average molecular weight is 245 g/mol. The van der Waals surface area contributed by atoms with Crippen LogP contribution in [0.15, 0.2) is 30.4 Å². The van der Waals surface area contributed by atoms with Gasteiger partial charge in [-0.15, -0.1) is 6.58 Å². The van der Waals surface area contributed by atoms with E-state index in [1.807, 2.05) is 0 Å². The number of rotatable bonds is 4. The van der Waals surface area contributed by atoms with Gasteiger partial charge in [0.25, 0.3) is 0 Å². The Hall–Kier alpha value is -1.19. The van der Waals surface area contributed by atoms with Gasteiger partial charge in [-0.3, -0.25) is 9.88 Å². The summed E-state index contributed by atoms with van der Waals surface area (Å²) in [5, 5.41) is 3.40. The zero-order valence-corrected chi connectivity index (χ0v) is 11.4. The largest absolute Gasteiger partial charge is 0.314 e. The molecule has 1 aliphatic heterocycles. The van der Waals surface area contributed by atoms with E-state index in [-0.39, 0.29) is 0 Å². The van der Waals surface area contributed by atoms with Crippen molar-refractivity contribution < 1.29 is 0 Å². The molecule has 1 fully saturated rings. The quantitative estimate of drug-likeness (QED) is 0.825. The van der Waals surface area contributed by atoms with E-state index in [1.165, 1.54) is 11.3 Å². The molecule has 0 unspecified atom stereocenters. The molecule has 98 valence electrons. The lowest BCUT2D eigenvalue weighted by Gasteiger charge is -2.35. The van der Waals surface area contributed by atoms with Gasteiger partial charge in [-0.2, -0.15) is 0 Å². The zero-order chi connectivity index (χ0) is 13.0. The van der Waals surface area contributed by atoms with Crippen LogP contribution in [0, 0.1) is 6.92 Å². The van der Waals surface area contributed by atoms with Crippen molar-refractivity contribution in [2.24, 2.45) is 0 Å². The predicted molar refractivity (Wildman–Crippen MR) is 75.6 cm³/mol. The lowest BCUT2D eigenvalue weighted by atomic mass is 10.0. The molecule has 1 N–H and O–H groups in total. The molecule has 0 saturated carbocycles. The highest BCUT2D eigenvalue weighted by Crippen LogP contribution is 2.26. The van der Waals surface area contributed by atoms with Gasteiger partial charge in [0.05, 0.1) is 11.7 Å². The van der Waals surface area contributed by atoms with Crippen molar-refractivity contribution in [1.82, 2.24) is 15.2 Å². The molecule has 0 spiro atoms. The van der Waals surface area contributed by atoms with Crippen LogP contribution in [0.2, 0.25) is 0 Å². The van der Waals surface area contributed by atoms with Crippen molar-refractivity contribution in [3.05, 3.63) is 41.7 Å². The molecule has 1 aliphatic rings. The second-order valence-electron chi connectivity index (χ2n) is 5.17. The molecule has 3 nitrogen and oxygen atoms in total. The topological polar surface area (TPSA) is 28.2 Å². The summed E-state index contributed by atoms with van der Waals surface area (Å²) < 4.78 is 0. The van der Waals surface area contributed by atoms with E-state index < -0.39 is 0 Å². The molecule has 0 aliphatic carbocycles. The Labute approximate surface area is 110 Å². The maximum Gasteiger partial charge on any atom is 0.0581 e. The van der Waals surface area contributed by atoms with Gasteiger partial charge in [0.1, 0.15) is 0 Å². The van der Waals surface area contributed by atoms with E-state index in [1.54, 1.807) is 0 Å². The van der Waals surface area contributed by atoms with Crippen molar-refractivity contribution in [1.29, 1.82) is 0 Å². The summed E-state index contributed by atoms with van der Waals surface area (Å²) >= 11 is 0. The van der Waals surface area contributed by atoms with Crippen LogP contribution in [0.25, 0.3) is 0 Å². The van der Waals surface area contributed by atoms with E-state index in [4.69, 9.17) is 4.98 Å². The molecule has 0 bridgehead atoms. The normalized spacial score (nSPS) is 18.6. The van der Waals surface area contributed by atoms with Gasteiger partial charge in [0.2, 0.25) is 0 Å². The second-order valence-corrected chi connectivity index (χ2v) is 5.17. The van der Waals surface area contributed by atoms with Gasteiger partial charge >= 0.3 is 0 Å². The maximum atomic E-state index is 4.70. The first-order valence-corrected chi connectivity index (χ1v) is 6.69. The number of nitrogens with zero attached hydrogens (tertiary/aromatic N) is 2. The minimum Gasteiger partial charge on any atom is -0.314 e. The number of nitrogens with one attached hydrogen (secondary N) is 1. The Morgan fingerprint density at radius 1 is 1.44 bits per heavy atom. The standard InChI is InChI=1S/C15H23N3/c1-12(2)11-15(18-9-7-16-8-10-18)14-6-4-5-13(3)17-14/h4-6,15-16H,1,7-11H2,2-3H3/t15-/m0/s1. The molecule has 1 atom stereocenters. The van der Waals surface area contributed by atoms with E-state index in [0.717, 1.165) is 38.3 Å². The van der Waals surface area contributed by atoms with Gasteiger partial charge < -0.3 is 5.32 Å². The third-order valence-electron chi connectivity index (χ3n) is 3.39. The fraction of sp³-hybridized carbons (Fsp3) is 0.533. The van der Waals surface area contributed by atoms with E-state index in [0.29, 0.717) is 6.04 Å². The monoisotopic (exact) mass is 245 g/mol. The molecule has 2 rings (SSSR count). The van der Waals surface area contributed by atoms with Gasteiger partial charge in [0.15, 0.2) is 0 Å². The summed E-state index contributed by atoms with van der Waals surface area (Å²) in [5.74, 6) is 0. The van der Waals surface area contributed by atoms with Gasteiger partial charge in [-0.1, -0.05) is 11.6 Å². The first-order chi connectivity index (χ1) is 8.66. The second kappa shape index (κ2) is 6.12. The molecule has 18 heavy (non-hydrogen) atoms. The van der Waals surface area contributed by atoms with Crippen LogP contribution in [0.3, 0.4) is 0 Å². The Balaban J connectivity index is 2.20. The molecule has 1 aromatic rings. The molecule has 0 amide bonds. The van der Waals surface area contributed by atoms with Crippen molar-refractivity contribution in [2.75, 3.05) is 26.2 Å². The number of pyridine rings is 1. The molecule has 1 saturated heterocycles. The number of hydrogen-bond donors (Lipinski definition) is 1. The maximum absolute atomic E-state index is 4.70. The van der Waals surface area contributed by atoms with E-state index >= 15 is 0 Å². The first-order valence-electron chi connectivity index (χ1n) is 6.69. The highest BCUT2D eigenvalue weighted by Gasteiger charge is 2.23. The van der Waals surface area contributed by atoms with Crippen molar-refractivity contribution in [3.63, 3.8) is 0 Å². The highest BCUT2D eigenvalue weighted by molar-refractivity contribution is 5.16. The Bertz CT molecular complexity index is 408. The van der Waals surface area contributed by atoms with Crippen LogP contribution in [0.4, 0.5) is 0 Å². The summed E-state index contributed by atoms with van der Waals surface area (Å²) in [5.41, 5.74) is 3.50.